The highest BCUT2D eigenvalue weighted by molar-refractivity contribution is 5.96. The van der Waals surface area contributed by atoms with E-state index in [-0.39, 0.29) is 23.5 Å². The van der Waals surface area contributed by atoms with E-state index in [0.29, 0.717) is 50.6 Å². The van der Waals surface area contributed by atoms with Crippen LogP contribution in [-0.2, 0) is 0 Å². The molecular formula is C17H22N6O4. The van der Waals surface area contributed by atoms with E-state index >= 15 is 0 Å². The molecule has 3 amide bonds. The van der Waals surface area contributed by atoms with Gasteiger partial charge in [-0.1, -0.05) is 12.1 Å². The fourth-order valence-electron chi connectivity index (χ4n) is 2.86. The van der Waals surface area contributed by atoms with E-state index in [0.717, 1.165) is 0 Å². The summed E-state index contributed by atoms with van der Waals surface area (Å²) in [7, 11) is 0. The Kier molecular flexibility index (Phi) is 5.74. The maximum Gasteiger partial charge on any atom is 0.322 e. The second-order valence-electron chi connectivity index (χ2n) is 5.99. The highest BCUT2D eigenvalue weighted by Crippen LogP contribution is 2.24. The summed E-state index contributed by atoms with van der Waals surface area (Å²) in [5.41, 5.74) is 6.20. The molecule has 1 aliphatic rings. The van der Waals surface area contributed by atoms with Crippen molar-refractivity contribution in [3.8, 4) is 5.75 Å². The number of hydrogen-bond acceptors (Lipinski definition) is 7. The Bertz CT molecular complexity index is 808. The zero-order chi connectivity index (χ0) is 19.2. The summed E-state index contributed by atoms with van der Waals surface area (Å²) in [6.45, 7) is 4.17. The fraction of sp³-hybridized carbons (Fsp3) is 0.412. The smallest absolute Gasteiger partial charge is 0.322 e. The first-order valence-corrected chi connectivity index (χ1v) is 8.75. The molecule has 27 heavy (non-hydrogen) atoms. The Morgan fingerprint density at radius 2 is 1.93 bits per heavy atom. The summed E-state index contributed by atoms with van der Waals surface area (Å²) < 4.78 is 10.0. The van der Waals surface area contributed by atoms with Crippen molar-refractivity contribution in [3.05, 3.63) is 30.0 Å². The molecule has 144 valence electrons. The first kappa shape index (κ1) is 18.5. The normalized spacial score (nSPS) is 14.6. The molecule has 1 saturated heterocycles. The van der Waals surface area contributed by atoms with E-state index < -0.39 is 0 Å². The van der Waals surface area contributed by atoms with Gasteiger partial charge in [-0.2, -0.15) is 0 Å². The molecule has 10 heteroatoms. The minimum Gasteiger partial charge on any atom is -0.492 e. The highest BCUT2D eigenvalue weighted by Gasteiger charge is 2.26. The minimum absolute atomic E-state index is 0.00135. The lowest BCUT2D eigenvalue weighted by Crippen LogP contribution is -2.39. The second kappa shape index (κ2) is 8.39. The Labute approximate surface area is 156 Å². The highest BCUT2D eigenvalue weighted by atomic mass is 16.6. The van der Waals surface area contributed by atoms with Gasteiger partial charge >= 0.3 is 6.03 Å². The van der Waals surface area contributed by atoms with Gasteiger partial charge < -0.3 is 25.6 Å². The third kappa shape index (κ3) is 4.27. The van der Waals surface area contributed by atoms with Gasteiger partial charge in [0.1, 0.15) is 5.75 Å². The largest absolute Gasteiger partial charge is 0.492 e. The molecule has 0 aliphatic carbocycles. The van der Waals surface area contributed by atoms with Gasteiger partial charge in [0, 0.05) is 26.2 Å². The summed E-state index contributed by atoms with van der Waals surface area (Å²) in [6, 6.07) is 7.03. The molecule has 10 nitrogen and oxygen atoms in total. The molecule has 1 fully saturated rings. The van der Waals surface area contributed by atoms with Crippen LogP contribution in [0.25, 0.3) is 0 Å². The van der Waals surface area contributed by atoms with Crippen molar-refractivity contribution in [3.63, 3.8) is 0 Å². The molecule has 1 aromatic carbocycles. The van der Waals surface area contributed by atoms with E-state index in [1.807, 2.05) is 19.1 Å². The van der Waals surface area contributed by atoms with Crippen molar-refractivity contribution in [1.29, 1.82) is 0 Å². The number of nitrogens with two attached hydrogens (primary N) is 1. The lowest BCUT2D eigenvalue weighted by atomic mass is 10.3. The zero-order valence-corrected chi connectivity index (χ0v) is 15.1. The molecule has 0 bridgehead atoms. The lowest BCUT2D eigenvalue weighted by Gasteiger charge is -2.22. The maximum absolute atomic E-state index is 12.6. The molecule has 3 N–H and O–H groups in total. The molecule has 0 saturated carbocycles. The molecule has 0 spiro atoms. The average molecular weight is 374 g/mol. The number of hydrogen-bond donors (Lipinski definition) is 2. The second-order valence-corrected chi connectivity index (χ2v) is 5.99. The van der Waals surface area contributed by atoms with Crippen LogP contribution in [-0.4, -0.2) is 64.8 Å². The summed E-state index contributed by atoms with van der Waals surface area (Å²) in [5.74, 6) is 0.234. The van der Waals surface area contributed by atoms with Gasteiger partial charge in [-0.3, -0.25) is 4.79 Å². The zero-order valence-electron chi connectivity index (χ0n) is 15.1. The van der Waals surface area contributed by atoms with E-state index in [1.54, 1.807) is 21.9 Å². The molecule has 1 aliphatic heterocycles. The van der Waals surface area contributed by atoms with Gasteiger partial charge in [-0.25, -0.2) is 9.42 Å². The van der Waals surface area contributed by atoms with Gasteiger partial charge in [0.2, 0.25) is 11.5 Å². The summed E-state index contributed by atoms with van der Waals surface area (Å²) in [5, 5.41) is 9.85. The number of benzene rings is 1. The van der Waals surface area contributed by atoms with Crippen LogP contribution in [0.3, 0.4) is 0 Å². The molecule has 2 aromatic rings. The van der Waals surface area contributed by atoms with Crippen LogP contribution in [0.5, 0.6) is 5.75 Å². The van der Waals surface area contributed by atoms with Gasteiger partial charge in [-0.05, 0) is 35.8 Å². The Balaban J connectivity index is 1.62. The first-order chi connectivity index (χ1) is 13.1. The molecule has 2 heterocycles. The number of ether oxygens (including phenoxy) is 1. The average Bonchev–Trinajstić information content (AvgIpc) is 2.94. The fourth-order valence-corrected chi connectivity index (χ4v) is 2.86. The van der Waals surface area contributed by atoms with Crippen LogP contribution in [0.4, 0.5) is 16.3 Å². The molecule has 0 unspecified atom stereocenters. The third-order valence-corrected chi connectivity index (χ3v) is 4.22. The summed E-state index contributed by atoms with van der Waals surface area (Å²) in [6.07, 6.45) is 0.636. The molecule has 1 aromatic heterocycles. The summed E-state index contributed by atoms with van der Waals surface area (Å²) >= 11 is 0. The van der Waals surface area contributed by atoms with Crippen LogP contribution < -0.4 is 15.8 Å². The van der Waals surface area contributed by atoms with Crippen LogP contribution in [0, 0.1) is 0 Å². The number of para-hydroxylation sites is 2. The lowest BCUT2D eigenvalue weighted by molar-refractivity contribution is 0.0752. The number of carbonyl (C=O) groups excluding carboxylic acids is 2. The molecule has 0 radical (unpaired) electrons. The SMILES string of the molecule is CCOc1ccccc1NC(=O)N1CCCN(C(=O)c2nonc2N)CC1. The number of nitrogens with zero attached hydrogens (tertiary/aromatic N) is 4. The number of anilines is 2. The summed E-state index contributed by atoms with van der Waals surface area (Å²) in [4.78, 5) is 28.4. The van der Waals surface area contributed by atoms with Gasteiger partial charge in [0.05, 0.1) is 12.3 Å². The van der Waals surface area contributed by atoms with Crippen LogP contribution in [0.1, 0.15) is 23.8 Å². The number of urea groups is 1. The van der Waals surface area contributed by atoms with Crippen LogP contribution in [0.15, 0.2) is 28.9 Å². The van der Waals surface area contributed by atoms with Crippen LogP contribution in [0.2, 0.25) is 0 Å². The van der Waals surface area contributed by atoms with Crippen LogP contribution >= 0.6 is 0 Å². The standard InChI is InChI=1S/C17H22N6O4/c1-2-26-13-7-4-3-6-12(13)19-17(25)23-9-5-8-22(10-11-23)16(24)14-15(18)21-27-20-14/h3-4,6-7H,2,5,8-11H2,1H3,(H2,18,21)(H,19,25). The number of nitrogens with one attached hydrogen (secondary N) is 1. The number of carbonyl (C=O) groups is 2. The van der Waals surface area contributed by atoms with Crippen molar-refractivity contribution < 1.29 is 19.0 Å². The topological polar surface area (TPSA) is 127 Å². The van der Waals surface area contributed by atoms with Crippen molar-refractivity contribution in [2.45, 2.75) is 13.3 Å². The Morgan fingerprint density at radius 3 is 2.67 bits per heavy atom. The molecular weight excluding hydrogens is 352 g/mol. The predicted molar refractivity (Wildman–Crippen MR) is 97.4 cm³/mol. The Hall–Kier alpha value is -3.30. The first-order valence-electron chi connectivity index (χ1n) is 8.75. The van der Waals surface area contributed by atoms with E-state index in [2.05, 4.69) is 20.3 Å². The molecule has 0 atom stereocenters. The maximum atomic E-state index is 12.6. The minimum atomic E-state index is -0.349. The third-order valence-electron chi connectivity index (χ3n) is 4.22. The van der Waals surface area contributed by atoms with Crippen molar-refractivity contribution in [2.24, 2.45) is 0 Å². The predicted octanol–water partition coefficient (Wildman–Crippen LogP) is 1.43. The monoisotopic (exact) mass is 374 g/mol. The number of rotatable bonds is 4. The van der Waals surface area contributed by atoms with Crippen molar-refractivity contribution in [1.82, 2.24) is 20.1 Å². The van der Waals surface area contributed by atoms with E-state index in [9.17, 15) is 9.59 Å². The number of nitrogen functional groups attached to an aromatic ring is 1. The van der Waals surface area contributed by atoms with Crippen molar-refractivity contribution in [2.75, 3.05) is 43.8 Å². The van der Waals surface area contributed by atoms with Crippen molar-refractivity contribution >= 4 is 23.4 Å². The van der Waals surface area contributed by atoms with Gasteiger partial charge in [0.15, 0.2) is 0 Å². The number of amides is 3. The van der Waals surface area contributed by atoms with E-state index in [4.69, 9.17) is 10.5 Å². The Morgan fingerprint density at radius 1 is 1.19 bits per heavy atom. The van der Waals surface area contributed by atoms with Gasteiger partial charge in [-0.15, -0.1) is 0 Å². The number of aromatic nitrogens is 2. The quantitative estimate of drug-likeness (QED) is 0.829. The van der Waals surface area contributed by atoms with Gasteiger partial charge in [0.25, 0.3) is 5.91 Å². The molecule has 3 rings (SSSR count). The van der Waals surface area contributed by atoms with E-state index in [1.165, 1.54) is 0 Å².